The van der Waals surface area contributed by atoms with E-state index in [1.807, 2.05) is 42.5 Å². The molecule has 0 spiro atoms. The van der Waals surface area contributed by atoms with Crippen molar-refractivity contribution >= 4 is 44.8 Å². The number of ether oxygens (including phenoxy) is 1. The van der Waals surface area contributed by atoms with Crippen molar-refractivity contribution < 1.29 is 14.3 Å². The van der Waals surface area contributed by atoms with E-state index in [-0.39, 0.29) is 5.91 Å². The van der Waals surface area contributed by atoms with Crippen molar-refractivity contribution in [3.05, 3.63) is 112 Å². The number of hydrazone groups is 1. The summed E-state index contributed by atoms with van der Waals surface area (Å²) >= 11 is 3.35. The van der Waals surface area contributed by atoms with Crippen LogP contribution in [-0.2, 0) is 0 Å². The third-order valence-corrected chi connectivity index (χ3v) is 5.08. The SMILES string of the molecule is O=C(N/N=C\c1c(OC(=O)c2ccccc2)ccc2ccccc12)c1cccc(Br)c1. The number of carbonyl (C=O) groups excluding carboxylic acids is 2. The molecule has 0 radical (unpaired) electrons. The monoisotopic (exact) mass is 472 g/mol. The van der Waals surface area contributed by atoms with Gasteiger partial charge in [-0.1, -0.05) is 70.5 Å². The van der Waals surface area contributed by atoms with E-state index in [4.69, 9.17) is 4.74 Å². The topological polar surface area (TPSA) is 67.8 Å². The van der Waals surface area contributed by atoms with Crippen LogP contribution in [0.5, 0.6) is 5.75 Å². The highest BCUT2D eigenvalue weighted by molar-refractivity contribution is 9.10. The molecular formula is C25H17BrN2O3. The molecule has 4 aromatic rings. The van der Waals surface area contributed by atoms with E-state index in [1.54, 1.807) is 48.5 Å². The van der Waals surface area contributed by atoms with Crippen molar-refractivity contribution in [3.8, 4) is 5.75 Å². The molecule has 0 aliphatic carbocycles. The Morgan fingerprint density at radius 1 is 0.839 bits per heavy atom. The zero-order valence-electron chi connectivity index (χ0n) is 16.3. The minimum Gasteiger partial charge on any atom is -0.422 e. The van der Waals surface area contributed by atoms with Crippen molar-refractivity contribution in [1.82, 2.24) is 5.43 Å². The van der Waals surface area contributed by atoms with Gasteiger partial charge in [-0.3, -0.25) is 4.79 Å². The Morgan fingerprint density at radius 2 is 1.58 bits per heavy atom. The number of benzene rings is 4. The van der Waals surface area contributed by atoms with Crippen molar-refractivity contribution in [2.45, 2.75) is 0 Å². The summed E-state index contributed by atoms with van der Waals surface area (Å²) in [4.78, 5) is 24.9. The second-order valence-electron chi connectivity index (χ2n) is 6.66. The molecular weight excluding hydrogens is 456 g/mol. The summed E-state index contributed by atoms with van der Waals surface area (Å²) < 4.78 is 6.45. The van der Waals surface area contributed by atoms with E-state index in [0.717, 1.165) is 15.2 Å². The summed E-state index contributed by atoms with van der Waals surface area (Å²) in [6.07, 6.45) is 1.49. The molecule has 5 nitrogen and oxygen atoms in total. The van der Waals surface area contributed by atoms with Crippen LogP contribution in [0.2, 0.25) is 0 Å². The van der Waals surface area contributed by atoms with Gasteiger partial charge in [0.15, 0.2) is 0 Å². The summed E-state index contributed by atoms with van der Waals surface area (Å²) in [6.45, 7) is 0. The van der Waals surface area contributed by atoms with Crippen molar-refractivity contribution in [2.24, 2.45) is 5.10 Å². The standard InChI is InChI=1S/C25H17BrN2O3/c26-20-11-6-10-19(15-20)24(29)28-27-16-22-21-12-5-4-7-17(21)13-14-23(22)31-25(30)18-8-2-1-3-9-18/h1-16H,(H,28,29)/b27-16-. The number of esters is 1. The van der Waals surface area contributed by atoms with Crippen molar-refractivity contribution in [3.63, 3.8) is 0 Å². The second-order valence-corrected chi connectivity index (χ2v) is 7.58. The fourth-order valence-corrected chi connectivity index (χ4v) is 3.48. The molecule has 0 saturated heterocycles. The normalized spacial score (nSPS) is 10.9. The summed E-state index contributed by atoms with van der Waals surface area (Å²) in [5.41, 5.74) is 4.03. The van der Waals surface area contributed by atoms with Crippen LogP contribution >= 0.6 is 15.9 Å². The third-order valence-electron chi connectivity index (χ3n) is 4.59. The highest BCUT2D eigenvalue weighted by Crippen LogP contribution is 2.27. The number of rotatable bonds is 5. The Morgan fingerprint density at radius 3 is 2.39 bits per heavy atom. The van der Waals surface area contributed by atoms with Crippen molar-refractivity contribution in [1.29, 1.82) is 0 Å². The first-order valence-corrected chi connectivity index (χ1v) is 10.3. The molecule has 0 atom stereocenters. The Bertz CT molecular complexity index is 1290. The summed E-state index contributed by atoms with van der Waals surface area (Å²) in [6, 6.07) is 27.0. The Labute approximate surface area is 187 Å². The molecule has 1 amide bonds. The summed E-state index contributed by atoms with van der Waals surface area (Å²) in [5.74, 6) is -0.461. The predicted molar refractivity (Wildman–Crippen MR) is 125 cm³/mol. The molecule has 4 rings (SSSR count). The minimum atomic E-state index is -0.469. The van der Waals surface area contributed by atoms with Crippen LogP contribution < -0.4 is 10.2 Å². The zero-order valence-corrected chi connectivity index (χ0v) is 17.9. The van der Waals surface area contributed by atoms with E-state index in [9.17, 15) is 9.59 Å². The first-order valence-electron chi connectivity index (χ1n) is 9.50. The van der Waals surface area contributed by atoms with Crippen LogP contribution in [0.15, 0.2) is 101 Å². The summed E-state index contributed by atoms with van der Waals surface area (Å²) in [7, 11) is 0. The second kappa shape index (κ2) is 9.36. The van der Waals surface area contributed by atoms with Gasteiger partial charge in [0.25, 0.3) is 5.91 Å². The smallest absolute Gasteiger partial charge is 0.343 e. The molecule has 0 aliphatic heterocycles. The lowest BCUT2D eigenvalue weighted by molar-refractivity contribution is 0.0734. The van der Waals surface area contributed by atoms with Gasteiger partial charge in [0, 0.05) is 15.6 Å². The van der Waals surface area contributed by atoms with Gasteiger partial charge in [0.1, 0.15) is 5.75 Å². The number of amides is 1. The zero-order chi connectivity index (χ0) is 21.6. The molecule has 0 aliphatic rings. The molecule has 6 heteroatoms. The highest BCUT2D eigenvalue weighted by Gasteiger charge is 2.13. The van der Waals surface area contributed by atoms with Crippen LogP contribution in [0.1, 0.15) is 26.3 Å². The molecule has 152 valence electrons. The average molecular weight is 473 g/mol. The predicted octanol–water partition coefficient (Wildman–Crippen LogP) is 5.59. The van der Waals surface area contributed by atoms with Gasteiger partial charge >= 0.3 is 5.97 Å². The Kier molecular flexibility index (Phi) is 6.19. The lowest BCUT2D eigenvalue weighted by atomic mass is 10.0. The first-order chi connectivity index (χ1) is 15.1. The first kappa shape index (κ1) is 20.5. The number of nitrogens with zero attached hydrogens (tertiary/aromatic N) is 1. The number of nitrogens with one attached hydrogen (secondary N) is 1. The fourth-order valence-electron chi connectivity index (χ4n) is 3.08. The van der Waals surface area contributed by atoms with Crippen LogP contribution in [0.4, 0.5) is 0 Å². The minimum absolute atomic E-state index is 0.347. The quantitative estimate of drug-likeness (QED) is 0.178. The lowest BCUT2D eigenvalue weighted by Crippen LogP contribution is -2.17. The van der Waals surface area contributed by atoms with Crippen LogP contribution in [0, 0.1) is 0 Å². The molecule has 0 saturated carbocycles. The molecule has 0 heterocycles. The van der Waals surface area contributed by atoms with E-state index < -0.39 is 5.97 Å². The Balaban J connectivity index is 1.63. The molecule has 0 aromatic heterocycles. The molecule has 4 aromatic carbocycles. The maximum absolute atomic E-state index is 12.6. The van der Waals surface area contributed by atoms with Crippen LogP contribution in [-0.4, -0.2) is 18.1 Å². The Hall–Kier alpha value is -3.77. The van der Waals surface area contributed by atoms with Crippen LogP contribution in [0.3, 0.4) is 0 Å². The number of carbonyl (C=O) groups is 2. The third kappa shape index (κ3) is 4.87. The maximum atomic E-state index is 12.6. The number of halogens is 1. The average Bonchev–Trinajstić information content (AvgIpc) is 2.80. The molecule has 0 unspecified atom stereocenters. The van der Waals surface area contributed by atoms with Gasteiger partial charge in [0.2, 0.25) is 0 Å². The number of hydrogen-bond acceptors (Lipinski definition) is 4. The van der Waals surface area contributed by atoms with Gasteiger partial charge < -0.3 is 4.74 Å². The molecule has 1 N–H and O–H groups in total. The van der Waals surface area contributed by atoms with Gasteiger partial charge in [-0.2, -0.15) is 5.10 Å². The number of hydrogen-bond donors (Lipinski definition) is 1. The van der Waals surface area contributed by atoms with E-state index >= 15 is 0 Å². The van der Waals surface area contributed by atoms with Gasteiger partial charge in [-0.05, 0) is 47.2 Å². The van der Waals surface area contributed by atoms with Gasteiger partial charge in [0.05, 0.1) is 11.8 Å². The lowest BCUT2D eigenvalue weighted by Gasteiger charge is -2.10. The highest BCUT2D eigenvalue weighted by atomic mass is 79.9. The molecule has 0 bridgehead atoms. The van der Waals surface area contributed by atoms with E-state index in [0.29, 0.717) is 22.4 Å². The summed E-state index contributed by atoms with van der Waals surface area (Å²) in [5, 5.41) is 5.92. The van der Waals surface area contributed by atoms with Gasteiger partial charge in [-0.25, -0.2) is 10.2 Å². The molecule has 0 fully saturated rings. The van der Waals surface area contributed by atoms with Crippen LogP contribution in [0.25, 0.3) is 10.8 Å². The van der Waals surface area contributed by atoms with Gasteiger partial charge in [-0.15, -0.1) is 0 Å². The molecule has 31 heavy (non-hydrogen) atoms. The van der Waals surface area contributed by atoms with E-state index in [1.165, 1.54) is 6.21 Å². The van der Waals surface area contributed by atoms with E-state index in [2.05, 4.69) is 26.5 Å². The number of fused-ring (bicyclic) bond motifs is 1. The maximum Gasteiger partial charge on any atom is 0.343 e. The fraction of sp³-hybridized carbons (Fsp3) is 0. The van der Waals surface area contributed by atoms with Crippen molar-refractivity contribution in [2.75, 3.05) is 0 Å². The largest absolute Gasteiger partial charge is 0.422 e.